The topological polar surface area (TPSA) is 120 Å². The molecule has 0 spiro atoms. The summed E-state index contributed by atoms with van der Waals surface area (Å²) in [7, 11) is 4.64. The van der Waals surface area contributed by atoms with Gasteiger partial charge in [0.2, 0.25) is 5.75 Å². The van der Waals surface area contributed by atoms with Crippen molar-refractivity contribution in [1.82, 2.24) is 5.32 Å². The van der Waals surface area contributed by atoms with Crippen LogP contribution in [0.2, 0.25) is 0 Å². The summed E-state index contributed by atoms with van der Waals surface area (Å²) in [5.74, 6) is 2.06. The Morgan fingerprint density at radius 3 is 2.30 bits per heavy atom. The van der Waals surface area contributed by atoms with Gasteiger partial charge in [0.1, 0.15) is 12.3 Å². The smallest absolute Gasteiger partial charge is 0.284 e. The summed E-state index contributed by atoms with van der Waals surface area (Å²) in [6.07, 6.45) is 0. The molecule has 2 aromatic rings. The Balaban J connectivity index is 2.22. The number of aliphatic imine (C=N–C) groups is 1. The van der Waals surface area contributed by atoms with Gasteiger partial charge in [-0.3, -0.25) is 4.79 Å². The summed E-state index contributed by atoms with van der Waals surface area (Å²) >= 11 is 0. The first-order chi connectivity index (χ1) is 13.0. The summed E-state index contributed by atoms with van der Waals surface area (Å²) in [6.45, 7) is 2.83. The highest BCUT2D eigenvalue weighted by Gasteiger charge is 2.14. The van der Waals surface area contributed by atoms with E-state index in [0.717, 1.165) is 0 Å². The van der Waals surface area contributed by atoms with Crippen molar-refractivity contribution in [3.8, 4) is 17.2 Å². The molecule has 1 aromatic carbocycles. The maximum atomic E-state index is 11.1. The van der Waals surface area contributed by atoms with E-state index in [4.69, 9.17) is 24.4 Å². The summed E-state index contributed by atoms with van der Waals surface area (Å²) in [4.78, 5) is 15.5. The van der Waals surface area contributed by atoms with Crippen molar-refractivity contribution < 1.29 is 23.4 Å². The van der Waals surface area contributed by atoms with Gasteiger partial charge in [0.15, 0.2) is 23.2 Å². The van der Waals surface area contributed by atoms with Crippen LogP contribution >= 0.6 is 0 Å². The summed E-state index contributed by atoms with van der Waals surface area (Å²) in [5.41, 5.74) is 5.88. The van der Waals surface area contributed by atoms with Gasteiger partial charge in [-0.15, -0.1) is 0 Å². The zero-order chi connectivity index (χ0) is 19.8. The third kappa shape index (κ3) is 5.06. The SMILES string of the molecule is CCNC(=NCc1ccc(C(N)=O)o1)Nc1cc(OC)c(OC)c(OC)c1. The number of rotatable bonds is 8. The number of amides is 1. The number of nitrogens with zero attached hydrogens (tertiary/aromatic N) is 1. The minimum atomic E-state index is -0.618. The molecule has 0 saturated heterocycles. The molecular formula is C18H24N4O5. The summed E-state index contributed by atoms with van der Waals surface area (Å²) < 4.78 is 21.4. The van der Waals surface area contributed by atoms with E-state index >= 15 is 0 Å². The lowest BCUT2D eigenvalue weighted by molar-refractivity contribution is 0.0972. The van der Waals surface area contributed by atoms with Crippen molar-refractivity contribution >= 4 is 17.6 Å². The molecule has 0 radical (unpaired) electrons. The zero-order valence-electron chi connectivity index (χ0n) is 15.8. The molecule has 0 unspecified atom stereocenters. The van der Waals surface area contributed by atoms with E-state index in [-0.39, 0.29) is 12.3 Å². The van der Waals surface area contributed by atoms with Gasteiger partial charge in [-0.2, -0.15) is 0 Å². The molecule has 0 fully saturated rings. The Hall–Kier alpha value is -3.36. The minimum absolute atomic E-state index is 0.0998. The van der Waals surface area contributed by atoms with Crippen molar-refractivity contribution in [3.05, 3.63) is 35.8 Å². The molecule has 1 heterocycles. The summed E-state index contributed by atoms with van der Waals surface area (Å²) in [6, 6.07) is 6.72. The van der Waals surface area contributed by atoms with E-state index in [1.807, 2.05) is 6.92 Å². The Kier molecular flexibility index (Phi) is 6.93. The molecule has 0 atom stereocenters. The van der Waals surface area contributed by atoms with Crippen molar-refractivity contribution in [1.29, 1.82) is 0 Å². The van der Waals surface area contributed by atoms with Gasteiger partial charge in [-0.1, -0.05) is 0 Å². The van der Waals surface area contributed by atoms with Crippen LogP contribution < -0.4 is 30.6 Å². The standard InChI is InChI=1S/C18H24N4O5/c1-5-20-18(21-10-12-6-7-13(27-12)17(19)23)22-11-8-14(24-2)16(26-4)15(9-11)25-3/h6-9H,5,10H2,1-4H3,(H2,19,23)(H2,20,21,22). The maximum Gasteiger partial charge on any atom is 0.284 e. The van der Waals surface area contributed by atoms with Crippen LogP contribution in [-0.4, -0.2) is 39.7 Å². The van der Waals surface area contributed by atoms with E-state index in [9.17, 15) is 4.79 Å². The van der Waals surface area contributed by atoms with E-state index < -0.39 is 5.91 Å². The number of furan rings is 1. The second-order valence-electron chi connectivity index (χ2n) is 5.36. The van der Waals surface area contributed by atoms with Crippen LogP contribution in [0.25, 0.3) is 0 Å². The van der Waals surface area contributed by atoms with Crippen LogP contribution in [0, 0.1) is 0 Å². The Morgan fingerprint density at radius 1 is 1.15 bits per heavy atom. The monoisotopic (exact) mass is 376 g/mol. The van der Waals surface area contributed by atoms with Gasteiger partial charge < -0.3 is 35.0 Å². The Bertz CT molecular complexity index is 791. The van der Waals surface area contributed by atoms with Gasteiger partial charge in [0.25, 0.3) is 5.91 Å². The van der Waals surface area contributed by atoms with Gasteiger partial charge in [-0.05, 0) is 19.1 Å². The largest absolute Gasteiger partial charge is 0.493 e. The molecule has 9 nitrogen and oxygen atoms in total. The van der Waals surface area contributed by atoms with Crippen LogP contribution in [0.1, 0.15) is 23.2 Å². The number of anilines is 1. The molecule has 0 aliphatic heterocycles. The van der Waals surface area contributed by atoms with Crippen molar-refractivity contribution in [2.24, 2.45) is 10.7 Å². The molecule has 146 valence electrons. The summed E-state index contributed by atoms with van der Waals surface area (Å²) in [5, 5.41) is 6.30. The molecule has 4 N–H and O–H groups in total. The Labute approximate surface area is 157 Å². The number of nitrogens with one attached hydrogen (secondary N) is 2. The average Bonchev–Trinajstić information content (AvgIpc) is 3.14. The van der Waals surface area contributed by atoms with Crippen molar-refractivity contribution in [3.63, 3.8) is 0 Å². The number of methoxy groups -OCH3 is 3. The zero-order valence-corrected chi connectivity index (χ0v) is 15.8. The maximum absolute atomic E-state index is 11.1. The molecule has 27 heavy (non-hydrogen) atoms. The van der Waals surface area contributed by atoms with Gasteiger partial charge >= 0.3 is 0 Å². The molecular weight excluding hydrogens is 352 g/mol. The number of nitrogens with two attached hydrogens (primary N) is 1. The van der Waals surface area contributed by atoms with Gasteiger partial charge in [0.05, 0.1) is 21.3 Å². The number of guanidine groups is 1. The fourth-order valence-electron chi connectivity index (χ4n) is 2.35. The molecule has 9 heteroatoms. The lowest BCUT2D eigenvalue weighted by atomic mass is 10.2. The fraction of sp³-hybridized carbons (Fsp3) is 0.333. The minimum Gasteiger partial charge on any atom is -0.493 e. The van der Waals surface area contributed by atoms with Gasteiger partial charge in [-0.25, -0.2) is 4.99 Å². The third-order valence-electron chi connectivity index (χ3n) is 3.57. The predicted octanol–water partition coefficient (Wildman–Crippen LogP) is 1.98. The van der Waals surface area contributed by atoms with Crippen molar-refractivity contribution in [2.75, 3.05) is 33.2 Å². The van der Waals surface area contributed by atoms with Crippen LogP contribution in [0.3, 0.4) is 0 Å². The number of hydrogen-bond donors (Lipinski definition) is 3. The average molecular weight is 376 g/mol. The van der Waals surface area contributed by atoms with E-state index in [0.29, 0.717) is 41.2 Å². The van der Waals surface area contributed by atoms with Gasteiger partial charge in [0, 0.05) is 24.4 Å². The predicted molar refractivity (Wildman–Crippen MR) is 102 cm³/mol. The first-order valence-electron chi connectivity index (χ1n) is 8.26. The van der Waals surface area contributed by atoms with E-state index in [2.05, 4.69) is 15.6 Å². The fourth-order valence-corrected chi connectivity index (χ4v) is 2.35. The molecule has 1 amide bonds. The molecule has 1 aromatic heterocycles. The first-order valence-corrected chi connectivity index (χ1v) is 8.26. The second kappa shape index (κ2) is 9.37. The van der Waals surface area contributed by atoms with Crippen LogP contribution in [-0.2, 0) is 6.54 Å². The highest BCUT2D eigenvalue weighted by atomic mass is 16.5. The highest BCUT2D eigenvalue weighted by Crippen LogP contribution is 2.39. The molecule has 0 aliphatic carbocycles. The number of carbonyl (C=O) groups excluding carboxylic acids is 1. The molecule has 0 aliphatic rings. The molecule has 2 rings (SSSR count). The van der Waals surface area contributed by atoms with Crippen LogP contribution in [0.15, 0.2) is 33.7 Å². The quantitative estimate of drug-likeness (QED) is 0.476. The van der Waals surface area contributed by atoms with Crippen LogP contribution in [0.4, 0.5) is 5.69 Å². The number of ether oxygens (including phenoxy) is 3. The van der Waals surface area contributed by atoms with Crippen LogP contribution in [0.5, 0.6) is 17.2 Å². The van der Waals surface area contributed by atoms with Crippen molar-refractivity contribution in [2.45, 2.75) is 13.5 Å². The number of primary amides is 1. The number of hydrogen-bond acceptors (Lipinski definition) is 6. The van der Waals surface area contributed by atoms with E-state index in [1.165, 1.54) is 6.07 Å². The normalized spacial score (nSPS) is 11.0. The molecule has 0 saturated carbocycles. The third-order valence-corrected chi connectivity index (χ3v) is 3.57. The number of carbonyl (C=O) groups is 1. The lowest BCUT2D eigenvalue weighted by Gasteiger charge is -2.16. The highest BCUT2D eigenvalue weighted by molar-refractivity contribution is 5.94. The first kappa shape index (κ1) is 20.0. The second-order valence-corrected chi connectivity index (χ2v) is 5.36. The molecule has 0 bridgehead atoms. The van der Waals surface area contributed by atoms with E-state index in [1.54, 1.807) is 39.5 Å². The number of benzene rings is 1. The Morgan fingerprint density at radius 2 is 1.81 bits per heavy atom. The lowest BCUT2D eigenvalue weighted by Crippen LogP contribution is -2.30.